The third-order valence-corrected chi connectivity index (χ3v) is 1.05. The molecule has 0 aromatic carbocycles. The van der Waals surface area contributed by atoms with Gasteiger partial charge in [0.25, 0.3) is 6.02 Å². The molecule has 0 heterocycles. The molecule has 1 N–H and O–H groups in total. The van der Waals surface area contributed by atoms with Crippen LogP contribution in [-0.2, 0) is 4.74 Å². The van der Waals surface area contributed by atoms with Crippen LogP contribution in [0.4, 0.5) is 0 Å². The van der Waals surface area contributed by atoms with Gasteiger partial charge in [0.1, 0.15) is 0 Å². The second-order valence-corrected chi connectivity index (χ2v) is 2.11. The van der Waals surface area contributed by atoms with Gasteiger partial charge in [-0.15, -0.1) is 0 Å². The number of nitrogens with zero attached hydrogens (tertiary/aromatic N) is 2. The molecule has 0 saturated carbocycles. The van der Waals surface area contributed by atoms with Crippen LogP contribution in [0.1, 0.15) is 0 Å². The van der Waals surface area contributed by atoms with E-state index in [2.05, 4.69) is 31.0 Å². The molecule has 0 bridgehead atoms. The van der Waals surface area contributed by atoms with Gasteiger partial charge in [0.05, 0.1) is 13.7 Å². The molecular formula is C5H8BrN3O. The highest BCUT2D eigenvalue weighted by Crippen LogP contribution is 1.81. The Hall–Kier alpha value is -0.760. The third-order valence-electron chi connectivity index (χ3n) is 0.696. The predicted octanol–water partition coefficient (Wildman–Crippen LogP) is 0.454. The Bertz CT molecular complexity index is 151. The van der Waals surface area contributed by atoms with E-state index in [1.165, 1.54) is 7.11 Å². The fourth-order valence-corrected chi connectivity index (χ4v) is 0.524. The van der Waals surface area contributed by atoms with Crippen molar-refractivity contribution in [2.75, 3.05) is 19.0 Å². The van der Waals surface area contributed by atoms with Gasteiger partial charge in [-0.05, 0) is 0 Å². The van der Waals surface area contributed by atoms with Crippen molar-refractivity contribution in [2.24, 2.45) is 4.99 Å². The van der Waals surface area contributed by atoms with Gasteiger partial charge in [-0.3, -0.25) is 0 Å². The molecule has 0 unspecified atom stereocenters. The van der Waals surface area contributed by atoms with Crippen LogP contribution in [0.5, 0.6) is 0 Å². The van der Waals surface area contributed by atoms with Crippen LogP contribution in [0.2, 0.25) is 0 Å². The molecule has 0 rings (SSSR count). The van der Waals surface area contributed by atoms with Crippen molar-refractivity contribution < 1.29 is 4.74 Å². The number of halogens is 1. The fraction of sp³-hybridized carbons (Fsp3) is 0.600. The minimum Gasteiger partial charge on any atom is -0.468 e. The Kier molecular flexibility index (Phi) is 5.88. The molecule has 4 nitrogen and oxygen atoms in total. The molecule has 0 aliphatic carbocycles. The summed E-state index contributed by atoms with van der Waals surface area (Å²) in [5.74, 6) is 0. The van der Waals surface area contributed by atoms with Crippen LogP contribution in [0, 0.1) is 11.5 Å². The van der Waals surface area contributed by atoms with Crippen LogP contribution in [0.3, 0.4) is 0 Å². The molecule has 0 aliphatic heterocycles. The summed E-state index contributed by atoms with van der Waals surface area (Å²) in [6.07, 6.45) is 1.71. The van der Waals surface area contributed by atoms with Gasteiger partial charge in [-0.1, -0.05) is 15.9 Å². The SMILES string of the molecule is COC(=NCCBr)NC#N. The first-order chi connectivity index (χ1) is 4.85. The van der Waals surface area contributed by atoms with Crippen LogP contribution in [-0.4, -0.2) is 25.0 Å². The average molecular weight is 206 g/mol. The van der Waals surface area contributed by atoms with E-state index in [0.29, 0.717) is 6.54 Å². The van der Waals surface area contributed by atoms with E-state index in [9.17, 15) is 0 Å². The van der Waals surface area contributed by atoms with Crippen molar-refractivity contribution in [2.45, 2.75) is 0 Å². The molecule has 0 aromatic rings. The van der Waals surface area contributed by atoms with Gasteiger partial charge >= 0.3 is 0 Å². The predicted molar refractivity (Wildman–Crippen MR) is 41.9 cm³/mol. The number of methoxy groups -OCH3 is 1. The first-order valence-electron chi connectivity index (χ1n) is 2.64. The van der Waals surface area contributed by atoms with E-state index >= 15 is 0 Å². The van der Waals surface area contributed by atoms with E-state index in [4.69, 9.17) is 5.26 Å². The Labute approximate surface area is 68.0 Å². The Morgan fingerprint density at radius 2 is 2.60 bits per heavy atom. The second kappa shape index (κ2) is 6.36. The second-order valence-electron chi connectivity index (χ2n) is 1.32. The van der Waals surface area contributed by atoms with E-state index in [1.807, 2.05) is 0 Å². The number of alkyl halides is 1. The van der Waals surface area contributed by atoms with E-state index in [0.717, 1.165) is 5.33 Å². The summed E-state index contributed by atoms with van der Waals surface area (Å²) in [5.41, 5.74) is 0. The minimum absolute atomic E-state index is 0.252. The smallest absolute Gasteiger partial charge is 0.297 e. The summed E-state index contributed by atoms with van der Waals surface area (Å²) in [6.45, 7) is 0.595. The van der Waals surface area contributed by atoms with Gasteiger partial charge < -0.3 is 4.74 Å². The molecule has 5 heteroatoms. The van der Waals surface area contributed by atoms with Gasteiger partial charge in [0.15, 0.2) is 6.19 Å². The van der Waals surface area contributed by atoms with Gasteiger partial charge in [-0.2, -0.15) is 5.26 Å². The minimum atomic E-state index is 0.252. The molecule has 0 spiro atoms. The summed E-state index contributed by atoms with van der Waals surface area (Å²) >= 11 is 3.18. The topological polar surface area (TPSA) is 57.4 Å². The molecule has 0 aliphatic rings. The molecule has 0 radical (unpaired) electrons. The maximum absolute atomic E-state index is 8.13. The fourth-order valence-electron chi connectivity index (χ4n) is 0.347. The van der Waals surface area contributed by atoms with Gasteiger partial charge in [0.2, 0.25) is 0 Å². The first-order valence-corrected chi connectivity index (χ1v) is 3.76. The summed E-state index contributed by atoms with van der Waals surface area (Å²) in [6, 6.07) is 0.252. The number of aliphatic imine (C=N–C) groups is 1. The Morgan fingerprint density at radius 3 is 3.00 bits per heavy atom. The molecule has 0 fully saturated rings. The van der Waals surface area contributed by atoms with Crippen molar-refractivity contribution >= 4 is 22.0 Å². The summed E-state index contributed by atoms with van der Waals surface area (Å²) in [4.78, 5) is 3.86. The first kappa shape index (κ1) is 9.24. The summed E-state index contributed by atoms with van der Waals surface area (Å²) < 4.78 is 4.69. The lowest BCUT2D eigenvalue weighted by Gasteiger charge is -1.98. The molecular weight excluding hydrogens is 198 g/mol. The van der Waals surface area contributed by atoms with E-state index < -0.39 is 0 Å². The monoisotopic (exact) mass is 205 g/mol. The molecule has 56 valence electrons. The maximum Gasteiger partial charge on any atom is 0.297 e. The van der Waals surface area contributed by atoms with Crippen LogP contribution >= 0.6 is 15.9 Å². The molecule has 0 atom stereocenters. The maximum atomic E-state index is 8.13. The normalized spacial score (nSPS) is 10.3. The zero-order chi connectivity index (χ0) is 7.82. The highest BCUT2D eigenvalue weighted by molar-refractivity contribution is 9.09. The zero-order valence-corrected chi connectivity index (χ0v) is 7.18. The number of nitrogens with one attached hydrogen (secondary N) is 1. The van der Waals surface area contributed by atoms with E-state index in [1.54, 1.807) is 6.19 Å². The zero-order valence-electron chi connectivity index (χ0n) is 5.59. The highest BCUT2D eigenvalue weighted by Gasteiger charge is 1.91. The number of hydrogen-bond acceptors (Lipinski definition) is 3. The van der Waals surface area contributed by atoms with Crippen LogP contribution in [0.25, 0.3) is 0 Å². The number of nitriles is 1. The number of amidine groups is 1. The van der Waals surface area contributed by atoms with Gasteiger partial charge in [0, 0.05) is 5.33 Å². The third kappa shape index (κ3) is 4.15. The van der Waals surface area contributed by atoms with Crippen molar-refractivity contribution in [1.29, 1.82) is 5.26 Å². The Balaban J connectivity index is 3.69. The quantitative estimate of drug-likeness (QED) is 0.234. The van der Waals surface area contributed by atoms with Crippen molar-refractivity contribution in [3.8, 4) is 6.19 Å². The van der Waals surface area contributed by atoms with Crippen LogP contribution < -0.4 is 5.32 Å². The average Bonchev–Trinajstić information content (AvgIpc) is 1.98. The molecule has 0 amide bonds. The standard InChI is InChI=1S/C5H8BrN3O/c1-10-5(9-4-7)8-3-2-6/h2-3H2,1H3,(H,8,9). The largest absolute Gasteiger partial charge is 0.468 e. The van der Waals surface area contributed by atoms with E-state index in [-0.39, 0.29) is 6.02 Å². The highest BCUT2D eigenvalue weighted by atomic mass is 79.9. The number of rotatable bonds is 2. The lowest BCUT2D eigenvalue weighted by molar-refractivity contribution is 0.386. The van der Waals surface area contributed by atoms with Gasteiger partial charge in [-0.25, -0.2) is 10.3 Å². The Morgan fingerprint density at radius 1 is 1.90 bits per heavy atom. The van der Waals surface area contributed by atoms with Crippen molar-refractivity contribution in [3.63, 3.8) is 0 Å². The van der Waals surface area contributed by atoms with Crippen molar-refractivity contribution in [1.82, 2.24) is 5.32 Å². The number of hydrogen-bond donors (Lipinski definition) is 1. The number of ether oxygens (including phenoxy) is 1. The lowest BCUT2D eigenvalue weighted by Crippen LogP contribution is -2.20. The summed E-state index contributed by atoms with van der Waals surface area (Å²) in [7, 11) is 1.46. The van der Waals surface area contributed by atoms with Crippen molar-refractivity contribution in [3.05, 3.63) is 0 Å². The van der Waals surface area contributed by atoms with Crippen LogP contribution in [0.15, 0.2) is 4.99 Å². The molecule has 10 heavy (non-hydrogen) atoms. The summed E-state index contributed by atoms with van der Waals surface area (Å²) in [5, 5.41) is 11.2. The lowest BCUT2D eigenvalue weighted by atomic mass is 10.8. The molecule has 0 saturated heterocycles. The molecule has 0 aromatic heterocycles.